The Bertz CT molecular complexity index is 211. The van der Waals surface area contributed by atoms with Crippen molar-refractivity contribution in [3.05, 3.63) is 0 Å². The van der Waals surface area contributed by atoms with E-state index >= 15 is 0 Å². The minimum Gasteiger partial charge on any atom is -0.368 e. The third-order valence-corrected chi connectivity index (χ3v) is 3.09. The first-order valence-electron chi connectivity index (χ1n) is 5.60. The summed E-state index contributed by atoms with van der Waals surface area (Å²) in [5, 5.41) is 2.92. The number of carbonyl (C=O) groups excluding carboxylic acids is 1. The predicted molar refractivity (Wildman–Crippen MR) is 61.0 cm³/mol. The van der Waals surface area contributed by atoms with Crippen LogP contribution in [0.15, 0.2) is 0 Å². The van der Waals surface area contributed by atoms with Gasteiger partial charge in [-0.2, -0.15) is 0 Å². The molecular weight excluding hydrogens is 214 g/mol. The van der Waals surface area contributed by atoms with Crippen LogP contribution in [0.1, 0.15) is 26.7 Å². The van der Waals surface area contributed by atoms with Crippen molar-refractivity contribution in [1.82, 2.24) is 5.32 Å². The van der Waals surface area contributed by atoms with Crippen LogP contribution in [0, 0.1) is 11.8 Å². The second-order valence-electron chi connectivity index (χ2n) is 4.39. The molecule has 1 aliphatic rings. The van der Waals surface area contributed by atoms with Crippen LogP contribution in [0.5, 0.6) is 0 Å². The molecule has 1 amide bonds. The van der Waals surface area contributed by atoms with Crippen LogP contribution in [0.4, 0.5) is 0 Å². The van der Waals surface area contributed by atoms with Crippen LogP contribution in [0.25, 0.3) is 0 Å². The van der Waals surface area contributed by atoms with E-state index in [4.69, 9.17) is 16.3 Å². The highest BCUT2D eigenvalue weighted by Gasteiger charge is 2.30. The summed E-state index contributed by atoms with van der Waals surface area (Å²) in [6.45, 7) is 5.54. The van der Waals surface area contributed by atoms with Gasteiger partial charge in [0, 0.05) is 19.0 Å². The zero-order chi connectivity index (χ0) is 11.3. The molecule has 0 aromatic rings. The fourth-order valence-corrected chi connectivity index (χ4v) is 2.07. The first kappa shape index (κ1) is 12.8. The van der Waals surface area contributed by atoms with Crippen molar-refractivity contribution in [2.45, 2.75) is 32.8 Å². The summed E-state index contributed by atoms with van der Waals surface area (Å²) in [5.41, 5.74) is 0. The number of rotatable bonds is 5. The minimum absolute atomic E-state index is 0.0291. The fourth-order valence-electron chi connectivity index (χ4n) is 1.69. The lowest BCUT2D eigenvalue weighted by Crippen LogP contribution is -2.39. The molecule has 15 heavy (non-hydrogen) atoms. The van der Waals surface area contributed by atoms with E-state index in [1.807, 2.05) is 0 Å². The summed E-state index contributed by atoms with van der Waals surface area (Å²) in [6.07, 6.45) is 1.67. The van der Waals surface area contributed by atoms with E-state index in [0.717, 1.165) is 12.8 Å². The number of nitrogens with one attached hydrogen (secondary N) is 1. The maximum atomic E-state index is 11.7. The van der Waals surface area contributed by atoms with Crippen LogP contribution < -0.4 is 5.32 Å². The molecular formula is C11H20ClNO2. The van der Waals surface area contributed by atoms with E-state index in [0.29, 0.717) is 30.9 Å². The van der Waals surface area contributed by atoms with E-state index in [-0.39, 0.29) is 12.0 Å². The lowest BCUT2D eigenvalue weighted by atomic mass is 10.0. The summed E-state index contributed by atoms with van der Waals surface area (Å²) in [5.74, 6) is 1.45. The molecule has 0 saturated carbocycles. The molecule has 1 N–H and O–H groups in total. The zero-order valence-corrected chi connectivity index (χ0v) is 10.2. The van der Waals surface area contributed by atoms with Gasteiger partial charge in [-0.1, -0.05) is 13.8 Å². The molecule has 1 rings (SSSR count). The van der Waals surface area contributed by atoms with Gasteiger partial charge in [0.1, 0.15) is 6.10 Å². The molecule has 0 aromatic carbocycles. The quantitative estimate of drug-likeness (QED) is 0.736. The van der Waals surface area contributed by atoms with Gasteiger partial charge in [-0.3, -0.25) is 4.79 Å². The van der Waals surface area contributed by atoms with Gasteiger partial charge in [-0.15, -0.1) is 11.6 Å². The first-order chi connectivity index (χ1) is 7.15. The third-order valence-electron chi connectivity index (χ3n) is 2.87. The molecule has 0 aromatic heterocycles. The van der Waals surface area contributed by atoms with Gasteiger partial charge in [0.05, 0.1) is 0 Å². The van der Waals surface area contributed by atoms with Gasteiger partial charge in [0.2, 0.25) is 5.91 Å². The number of ether oxygens (including phenoxy) is 1. The lowest BCUT2D eigenvalue weighted by molar-refractivity contribution is -0.131. The molecule has 3 atom stereocenters. The Hall–Kier alpha value is -0.280. The Morgan fingerprint density at radius 1 is 1.67 bits per heavy atom. The number of hydrogen-bond donors (Lipinski definition) is 1. The van der Waals surface area contributed by atoms with Crippen molar-refractivity contribution >= 4 is 17.5 Å². The van der Waals surface area contributed by atoms with Crippen molar-refractivity contribution in [2.24, 2.45) is 11.8 Å². The van der Waals surface area contributed by atoms with E-state index < -0.39 is 0 Å². The van der Waals surface area contributed by atoms with Crippen molar-refractivity contribution < 1.29 is 9.53 Å². The number of amides is 1. The van der Waals surface area contributed by atoms with Gasteiger partial charge in [0.25, 0.3) is 0 Å². The second-order valence-corrected chi connectivity index (χ2v) is 4.76. The highest BCUT2D eigenvalue weighted by Crippen LogP contribution is 2.19. The number of halogens is 1. The number of hydrogen-bond acceptors (Lipinski definition) is 2. The summed E-state index contributed by atoms with van der Waals surface area (Å²) in [4.78, 5) is 11.7. The van der Waals surface area contributed by atoms with Crippen molar-refractivity contribution in [2.75, 3.05) is 19.0 Å². The van der Waals surface area contributed by atoms with Crippen LogP contribution in [0.2, 0.25) is 0 Å². The SMILES string of the molecule is CC(CCCl)CNC(=O)C1OCCC1C. The molecule has 3 unspecified atom stereocenters. The third kappa shape index (κ3) is 3.99. The zero-order valence-electron chi connectivity index (χ0n) is 9.46. The maximum absolute atomic E-state index is 11.7. The highest BCUT2D eigenvalue weighted by molar-refractivity contribution is 6.17. The normalized spacial score (nSPS) is 27.7. The molecule has 1 aliphatic heterocycles. The maximum Gasteiger partial charge on any atom is 0.249 e. The van der Waals surface area contributed by atoms with E-state index in [9.17, 15) is 4.79 Å². The Morgan fingerprint density at radius 3 is 2.93 bits per heavy atom. The average molecular weight is 234 g/mol. The molecule has 0 spiro atoms. The Kier molecular flexibility index (Phi) is 5.40. The monoisotopic (exact) mass is 233 g/mol. The minimum atomic E-state index is -0.242. The summed E-state index contributed by atoms with van der Waals surface area (Å²) in [6, 6.07) is 0. The van der Waals surface area contributed by atoms with Crippen LogP contribution in [0.3, 0.4) is 0 Å². The second kappa shape index (κ2) is 6.33. The topological polar surface area (TPSA) is 38.3 Å². The summed E-state index contributed by atoms with van der Waals surface area (Å²) < 4.78 is 5.38. The molecule has 1 saturated heterocycles. The smallest absolute Gasteiger partial charge is 0.249 e. The molecule has 4 heteroatoms. The molecule has 88 valence electrons. The molecule has 0 aliphatic carbocycles. The average Bonchev–Trinajstić information content (AvgIpc) is 2.61. The molecule has 0 radical (unpaired) electrons. The fraction of sp³-hybridized carbons (Fsp3) is 0.909. The Morgan fingerprint density at radius 2 is 2.40 bits per heavy atom. The predicted octanol–water partition coefficient (Wildman–Crippen LogP) is 1.79. The lowest BCUT2D eigenvalue weighted by Gasteiger charge is -2.16. The van der Waals surface area contributed by atoms with Gasteiger partial charge in [0.15, 0.2) is 0 Å². The van der Waals surface area contributed by atoms with Gasteiger partial charge in [-0.05, 0) is 24.7 Å². The van der Waals surface area contributed by atoms with E-state index in [1.165, 1.54) is 0 Å². The number of carbonyl (C=O) groups is 1. The Labute approximate surface area is 96.5 Å². The molecule has 1 fully saturated rings. The molecule has 0 bridgehead atoms. The van der Waals surface area contributed by atoms with E-state index in [2.05, 4.69) is 19.2 Å². The van der Waals surface area contributed by atoms with Crippen LogP contribution in [-0.2, 0) is 9.53 Å². The molecule has 3 nitrogen and oxygen atoms in total. The van der Waals surface area contributed by atoms with Gasteiger partial charge >= 0.3 is 0 Å². The number of alkyl halides is 1. The van der Waals surface area contributed by atoms with Gasteiger partial charge < -0.3 is 10.1 Å². The van der Waals surface area contributed by atoms with Crippen LogP contribution >= 0.6 is 11.6 Å². The van der Waals surface area contributed by atoms with Crippen molar-refractivity contribution in [3.8, 4) is 0 Å². The first-order valence-corrected chi connectivity index (χ1v) is 6.14. The van der Waals surface area contributed by atoms with Crippen LogP contribution in [-0.4, -0.2) is 31.0 Å². The van der Waals surface area contributed by atoms with E-state index in [1.54, 1.807) is 0 Å². The van der Waals surface area contributed by atoms with Crippen molar-refractivity contribution in [3.63, 3.8) is 0 Å². The largest absolute Gasteiger partial charge is 0.368 e. The van der Waals surface area contributed by atoms with Gasteiger partial charge in [-0.25, -0.2) is 0 Å². The Balaban J connectivity index is 2.23. The van der Waals surface area contributed by atoms with Crippen molar-refractivity contribution in [1.29, 1.82) is 0 Å². The molecule has 1 heterocycles. The highest BCUT2D eigenvalue weighted by atomic mass is 35.5. The standard InChI is InChI=1S/C11H20ClNO2/c1-8(3-5-12)7-13-11(14)10-9(2)4-6-15-10/h8-10H,3-7H2,1-2H3,(H,13,14). The summed E-state index contributed by atoms with van der Waals surface area (Å²) >= 11 is 5.62. The summed E-state index contributed by atoms with van der Waals surface area (Å²) in [7, 11) is 0.